The fraction of sp³-hybridized carbons (Fsp3) is 0. The largest absolute Gasteiger partial charge is 0.320 e. The van der Waals surface area contributed by atoms with Crippen molar-refractivity contribution in [2.24, 2.45) is 0 Å². The summed E-state index contributed by atoms with van der Waals surface area (Å²) in [5.41, 5.74) is -0.620. The van der Waals surface area contributed by atoms with Crippen molar-refractivity contribution in [2.75, 3.05) is 5.32 Å². The van der Waals surface area contributed by atoms with Gasteiger partial charge in [-0.1, -0.05) is 23.2 Å². The van der Waals surface area contributed by atoms with Crippen LogP contribution in [0.1, 0.15) is 9.67 Å². The van der Waals surface area contributed by atoms with Gasteiger partial charge in [-0.15, -0.1) is 11.3 Å². The van der Waals surface area contributed by atoms with Crippen LogP contribution >= 0.6 is 34.5 Å². The van der Waals surface area contributed by atoms with Crippen LogP contribution in [0, 0.1) is 20.2 Å². The Morgan fingerprint density at radius 2 is 1.82 bits per heavy atom. The van der Waals surface area contributed by atoms with E-state index in [2.05, 4.69) is 5.32 Å². The maximum Gasteiger partial charge on any atom is 0.299 e. The van der Waals surface area contributed by atoms with E-state index in [-0.39, 0.29) is 31.3 Å². The fourth-order valence-corrected chi connectivity index (χ4v) is 2.79. The second-order valence-corrected chi connectivity index (χ2v) is 5.96. The van der Waals surface area contributed by atoms with E-state index in [0.717, 1.165) is 23.5 Å². The van der Waals surface area contributed by atoms with Crippen molar-refractivity contribution >= 4 is 57.5 Å². The normalized spacial score (nSPS) is 10.3. The van der Waals surface area contributed by atoms with Crippen molar-refractivity contribution in [3.8, 4) is 0 Å². The molecule has 114 valence electrons. The number of non-ortho nitro benzene ring substituents is 1. The van der Waals surface area contributed by atoms with Gasteiger partial charge < -0.3 is 5.32 Å². The van der Waals surface area contributed by atoms with Crippen LogP contribution in [0.2, 0.25) is 9.36 Å². The quantitative estimate of drug-likeness (QED) is 0.649. The molecule has 0 saturated heterocycles. The zero-order valence-corrected chi connectivity index (χ0v) is 12.7. The average molecular weight is 362 g/mol. The van der Waals surface area contributed by atoms with Crippen LogP contribution in [0.25, 0.3) is 0 Å². The monoisotopic (exact) mass is 361 g/mol. The summed E-state index contributed by atoms with van der Waals surface area (Å²) in [4.78, 5) is 32.1. The molecule has 1 heterocycles. The number of hydrogen-bond donors (Lipinski definition) is 1. The molecule has 1 aromatic heterocycles. The van der Waals surface area contributed by atoms with E-state index in [0.29, 0.717) is 0 Å². The minimum absolute atomic E-state index is 0.0146. The Morgan fingerprint density at radius 3 is 2.36 bits per heavy atom. The molecular formula is C11H5Cl2N3O5S. The first-order chi connectivity index (χ1) is 10.3. The Labute approximate surface area is 136 Å². The third-order valence-corrected chi connectivity index (χ3v) is 4.16. The number of amides is 1. The molecule has 0 fully saturated rings. The van der Waals surface area contributed by atoms with Gasteiger partial charge in [0.2, 0.25) is 0 Å². The van der Waals surface area contributed by atoms with Crippen LogP contribution in [-0.2, 0) is 0 Å². The van der Waals surface area contributed by atoms with Crippen LogP contribution < -0.4 is 5.32 Å². The maximum absolute atomic E-state index is 12.0. The zero-order valence-electron chi connectivity index (χ0n) is 10.4. The van der Waals surface area contributed by atoms with Crippen LogP contribution in [0.3, 0.4) is 0 Å². The van der Waals surface area contributed by atoms with Crippen molar-refractivity contribution in [3.05, 3.63) is 58.7 Å². The first kappa shape index (κ1) is 16.1. The highest BCUT2D eigenvalue weighted by atomic mass is 35.5. The molecule has 0 radical (unpaired) electrons. The molecule has 0 atom stereocenters. The molecule has 1 aromatic carbocycles. The number of nitro benzene ring substituents is 1. The van der Waals surface area contributed by atoms with Crippen LogP contribution in [0.5, 0.6) is 0 Å². The lowest BCUT2D eigenvalue weighted by atomic mass is 10.2. The number of halogens is 2. The van der Waals surface area contributed by atoms with Crippen LogP contribution in [0.15, 0.2) is 24.3 Å². The molecule has 0 aliphatic rings. The minimum Gasteiger partial charge on any atom is -0.320 e. The van der Waals surface area contributed by atoms with Crippen LogP contribution in [-0.4, -0.2) is 15.8 Å². The second-order valence-electron chi connectivity index (χ2n) is 3.90. The summed E-state index contributed by atoms with van der Waals surface area (Å²) in [5.74, 6) is -0.706. The first-order valence-corrected chi connectivity index (χ1v) is 7.06. The first-order valence-electron chi connectivity index (χ1n) is 5.48. The predicted octanol–water partition coefficient (Wildman–Crippen LogP) is 4.12. The summed E-state index contributed by atoms with van der Waals surface area (Å²) >= 11 is 12.2. The molecule has 0 aliphatic heterocycles. The van der Waals surface area contributed by atoms with Gasteiger partial charge in [-0.2, -0.15) is 0 Å². The molecule has 1 N–H and O–H groups in total. The van der Waals surface area contributed by atoms with Gasteiger partial charge >= 0.3 is 0 Å². The highest BCUT2D eigenvalue weighted by Crippen LogP contribution is 2.34. The van der Waals surface area contributed by atoms with E-state index in [9.17, 15) is 25.0 Å². The van der Waals surface area contributed by atoms with Crippen molar-refractivity contribution in [2.45, 2.75) is 0 Å². The van der Waals surface area contributed by atoms with Crippen molar-refractivity contribution in [1.82, 2.24) is 0 Å². The number of carbonyl (C=O) groups is 1. The van der Waals surface area contributed by atoms with Gasteiger partial charge in [0.15, 0.2) is 4.34 Å². The fourth-order valence-electron chi connectivity index (χ4n) is 1.50. The lowest BCUT2D eigenvalue weighted by molar-refractivity contribution is -0.384. The number of anilines is 1. The number of nitrogens with zero attached hydrogens (tertiary/aromatic N) is 2. The lowest BCUT2D eigenvalue weighted by Crippen LogP contribution is -2.10. The van der Waals surface area contributed by atoms with E-state index < -0.39 is 15.8 Å². The molecule has 0 saturated carbocycles. The topological polar surface area (TPSA) is 115 Å². The number of thiophene rings is 1. The van der Waals surface area contributed by atoms with Gasteiger partial charge in [-0.25, -0.2) is 0 Å². The Balaban J connectivity index is 2.29. The number of carbonyl (C=O) groups excluding carboxylic acids is 1. The van der Waals surface area contributed by atoms with Gasteiger partial charge in [0, 0.05) is 18.2 Å². The third kappa shape index (κ3) is 3.32. The SMILES string of the molecule is O=C(Nc1cc([N+](=O)[O-])ccc1Cl)c1cc([N+](=O)[O-])c(Cl)s1. The summed E-state index contributed by atoms with van der Waals surface area (Å²) in [5, 5.41) is 23.8. The molecule has 0 aliphatic carbocycles. The van der Waals surface area contributed by atoms with Crippen molar-refractivity contribution < 1.29 is 14.6 Å². The summed E-state index contributed by atoms with van der Waals surface area (Å²) in [6, 6.07) is 4.56. The van der Waals surface area contributed by atoms with Crippen molar-refractivity contribution in [3.63, 3.8) is 0 Å². The molecule has 11 heteroatoms. The van der Waals surface area contributed by atoms with Gasteiger partial charge in [0.05, 0.1) is 20.6 Å². The van der Waals surface area contributed by atoms with Gasteiger partial charge in [-0.3, -0.25) is 25.0 Å². The molecule has 22 heavy (non-hydrogen) atoms. The molecule has 0 spiro atoms. The smallest absolute Gasteiger partial charge is 0.299 e. The molecule has 2 aromatic rings. The number of nitro groups is 2. The standard InChI is InChI=1S/C11H5Cl2N3O5S/c12-6-2-1-5(15(18)19)3-7(6)14-11(17)9-4-8(16(20)21)10(13)22-9/h1-4H,(H,14,17). The molecule has 1 amide bonds. The summed E-state index contributed by atoms with van der Waals surface area (Å²) in [6.45, 7) is 0. The molecule has 2 rings (SSSR count). The second kappa shape index (κ2) is 6.26. The van der Waals surface area contributed by atoms with E-state index in [1.165, 1.54) is 12.1 Å². The summed E-state index contributed by atoms with van der Waals surface area (Å²) in [6.07, 6.45) is 0. The van der Waals surface area contributed by atoms with Gasteiger partial charge in [0.25, 0.3) is 17.3 Å². The molecule has 8 nitrogen and oxygen atoms in total. The van der Waals surface area contributed by atoms with E-state index >= 15 is 0 Å². The Kier molecular flexibility index (Phi) is 4.59. The Morgan fingerprint density at radius 1 is 1.14 bits per heavy atom. The minimum atomic E-state index is -0.712. The number of hydrogen-bond acceptors (Lipinski definition) is 6. The third-order valence-electron chi connectivity index (χ3n) is 2.50. The predicted molar refractivity (Wildman–Crippen MR) is 82.0 cm³/mol. The number of nitrogens with one attached hydrogen (secondary N) is 1. The Hall–Kier alpha value is -2.23. The molecular weight excluding hydrogens is 357 g/mol. The number of rotatable bonds is 4. The Bertz CT molecular complexity index is 792. The molecule has 0 bridgehead atoms. The van der Waals surface area contributed by atoms with Gasteiger partial charge in [-0.05, 0) is 6.07 Å². The van der Waals surface area contributed by atoms with E-state index in [1.54, 1.807) is 0 Å². The van der Waals surface area contributed by atoms with E-state index in [1.807, 2.05) is 0 Å². The zero-order chi connectivity index (χ0) is 16.4. The lowest BCUT2D eigenvalue weighted by Gasteiger charge is -2.05. The number of benzene rings is 1. The van der Waals surface area contributed by atoms with Crippen LogP contribution in [0.4, 0.5) is 17.1 Å². The summed E-state index contributed by atoms with van der Waals surface area (Å²) < 4.78 is -0.139. The van der Waals surface area contributed by atoms with Crippen molar-refractivity contribution in [1.29, 1.82) is 0 Å². The average Bonchev–Trinajstić information content (AvgIpc) is 2.83. The van der Waals surface area contributed by atoms with Gasteiger partial charge in [0.1, 0.15) is 4.88 Å². The van der Waals surface area contributed by atoms with E-state index in [4.69, 9.17) is 23.2 Å². The maximum atomic E-state index is 12.0. The highest BCUT2D eigenvalue weighted by molar-refractivity contribution is 7.18. The molecule has 0 unspecified atom stereocenters. The highest BCUT2D eigenvalue weighted by Gasteiger charge is 2.22. The summed E-state index contributed by atoms with van der Waals surface area (Å²) in [7, 11) is 0.